The molecule has 1 aromatic carbocycles. The zero-order valence-electron chi connectivity index (χ0n) is 13.8. The van der Waals surface area contributed by atoms with Gasteiger partial charge in [0.2, 0.25) is 5.91 Å². The van der Waals surface area contributed by atoms with E-state index in [-0.39, 0.29) is 11.8 Å². The fourth-order valence-electron chi connectivity index (χ4n) is 2.07. The van der Waals surface area contributed by atoms with Crippen LogP contribution in [0.2, 0.25) is 0 Å². The largest absolute Gasteiger partial charge is 0.343 e. The summed E-state index contributed by atoms with van der Waals surface area (Å²) < 4.78 is 27.3. The zero-order chi connectivity index (χ0) is 17.6. The number of hydrogen-bond acceptors (Lipinski definition) is 3. The van der Waals surface area contributed by atoms with Crippen LogP contribution < -0.4 is 10.6 Å². The van der Waals surface area contributed by atoms with E-state index in [0.29, 0.717) is 13.1 Å². The van der Waals surface area contributed by atoms with Gasteiger partial charge < -0.3 is 15.5 Å². The van der Waals surface area contributed by atoms with Crippen molar-refractivity contribution in [1.82, 2.24) is 15.5 Å². The van der Waals surface area contributed by atoms with Crippen LogP contribution in [0, 0.1) is 17.6 Å². The number of carbonyl (C=O) groups excluding carboxylic acids is 2. The maximum absolute atomic E-state index is 13.7. The summed E-state index contributed by atoms with van der Waals surface area (Å²) in [7, 11) is 3.38. The van der Waals surface area contributed by atoms with Crippen molar-refractivity contribution in [2.45, 2.75) is 19.9 Å². The minimum atomic E-state index is -0.957. The van der Waals surface area contributed by atoms with E-state index in [1.54, 1.807) is 27.9 Å². The van der Waals surface area contributed by atoms with Crippen molar-refractivity contribution in [1.29, 1.82) is 0 Å². The maximum Gasteiger partial charge on any atom is 0.257 e. The highest BCUT2D eigenvalue weighted by Crippen LogP contribution is 2.13. The van der Waals surface area contributed by atoms with Crippen molar-refractivity contribution in [2.75, 3.05) is 27.2 Å². The highest BCUT2D eigenvalue weighted by molar-refractivity contribution is 5.98. The third-order valence-electron chi connectivity index (χ3n) is 3.48. The second kappa shape index (κ2) is 8.57. The molecule has 0 bridgehead atoms. The summed E-state index contributed by atoms with van der Waals surface area (Å²) in [5.41, 5.74) is -0.677. The van der Waals surface area contributed by atoms with Gasteiger partial charge in [-0.2, -0.15) is 0 Å². The quantitative estimate of drug-likeness (QED) is 0.796. The van der Waals surface area contributed by atoms with Gasteiger partial charge in [-0.1, -0.05) is 19.9 Å². The third-order valence-corrected chi connectivity index (χ3v) is 3.48. The first-order valence-electron chi connectivity index (χ1n) is 7.44. The second-order valence-corrected chi connectivity index (χ2v) is 5.66. The molecule has 0 saturated carbocycles. The third kappa shape index (κ3) is 4.99. The summed E-state index contributed by atoms with van der Waals surface area (Å²) in [6.45, 7) is 4.57. The van der Waals surface area contributed by atoms with Gasteiger partial charge in [-0.25, -0.2) is 8.78 Å². The van der Waals surface area contributed by atoms with Crippen LogP contribution in [0.3, 0.4) is 0 Å². The van der Waals surface area contributed by atoms with Crippen LogP contribution in [-0.2, 0) is 4.79 Å². The molecule has 0 saturated heterocycles. The van der Waals surface area contributed by atoms with E-state index >= 15 is 0 Å². The standard InChI is InChI=1S/C16H23F2N3O2/c1-10(2)14(16(23)21(4)9-8-19-3)20-15(22)13-11(17)6-5-7-12(13)18/h5-7,10,14,19H,8-9H2,1-4H3,(H,20,22)/t14-/m0/s1. The molecule has 7 heteroatoms. The smallest absolute Gasteiger partial charge is 0.257 e. The summed E-state index contributed by atoms with van der Waals surface area (Å²) in [5.74, 6) is -3.38. The van der Waals surface area contributed by atoms with E-state index in [1.807, 2.05) is 0 Å². The minimum Gasteiger partial charge on any atom is -0.343 e. The van der Waals surface area contributed by atoms with Crippen molar-refractivity contribution in [3.63, 3.8) is 0 Å². The summed E-state index contributed by atoms with van der Waals surface area (Å²) >= 11 is 0. The summed E-state index contributed by atoms with van der Waals surface area (Å²) in [6.07, 6.45) is 0. The minimum absolute atomic E-state index is 0.224. The van der Waals surface area contributed by atoms with E-state index in [2.05, 4.69) is 10.6 Å². The highest BCUT2D eigenvalue weighted by atomic mass is 19.1. The molecule has 2 amide bonds. The summed E-state index contributed by atoms with van der Waals surface area (Å²) in [5, 5.41) is 5.36. The number of halogens is 2. The molecule has 0 spiro atoms. The van der Waals surface area contributed by atoms with Gasteiger partial charge in [0.25, 0.3) is 5.91 Å². The molecule has 0 fully saturated rings. The molecule has 1 aromatic rings. The van der Waals surface area contributed by atoms with Crippen LogP contribution in [0.25, 0.3) is 0 Å². The van der Waals surface area contributed by atoms with Crippen LogP contribution in [0.15, 0.2) is 18.2 Å². The molecule has 2 N–H and O–H groups in total. The molecule has 128 valence electrons. The van der Waals surface area contributed by atoms with Gasteiger partial charge >= 0.3 is 0 Å². The van der Waals surface area contributed by atoms with Crippen molar-refractivity contribution < 1.29 is 18.4 Å². The van der Waals surface area contributed by atoms with Crippen molar-refractivity contribution in [3.05, 3.63) is 35.4 Å². The molecule has 0 unspecified atom stereocenters. The second-order valence-electron chi connectivity index (χ2n) is 5.66. The molecule has 0 aliphatic heterocycles. The predicted molar refractivity (Wildman–Crippen MR) is 84.0 cm³/mol. The molecule has 0 aliphatic rings. The van der Waals surface area contributed by atoms with Crippen molar-refractivity contribution >= 4 is 11.8 Å². The Hall–Kier alpha value is -2.02. The molecule has 0 heterocycles. The number of carbonyl (C=O) groups is 2. The molecule has 1 rings (SSSR count). The fourth-order valence-corrected chi connectivity index (χ4v) is 2.07. The lowest BCUT2D eigenvalue weighted by Crippen LogP contribution is -2.51. The number of nitrogens with zero attached hydrogens (tertiary/aromatic N) is 1. The number of likely N-dealkylation sites (N-methyl/N-ethyl adjacent to an activating group) is 2. The normalized spacial score (nSPS) is 12.1. The molecule has 23 heavy (non-hydrogen) atoms. The van der Waals surface area contributed by atoms with E-state index in [4.69, 9.17) is 0 Å². The van der Waals surface area contributed by atoms with Crippen LogP contribution in [0.1, 0.15) is 24.2 Å². The molecule has 0 aliphatic carbocycles. The lowest BCUT2D eigenvalue weighted by atomic mass is 10.0. The van der Waals surface area contributed by atoms with Crippen LogP contribution in [-0.4, -0.2) is 49.9 Å². The Kier molecular flexibility index (Phi) is 7.09. The van der Waals surface area contributed by atoms with Gasteiger partial charge in [0.05, 0.1) is 0 Å². The lowest BCUT2D eigenvalue weighted by Gasteiger charge is -2.27. The Labute approximate surface area is 135 Å². The van der Waals surface area contributed by atoms with Crippen LogP contribution in [0.5, 0.6) is 0 Å². The molecule has 0 radical (unpaired) electrons. The number of amides is 2. The molecular formula is C16H23F2N3O2. The topological polar surface area (TPSA) is 61.4 Å². The average Bonchev–Trinajstić information content (AvgIpc) is 2.49. The van der Waals surface area contributed by atoms with Gasteiger partial charge in [0.1, 0.15) is 23.2 Å². The maximum atomic E-state index is 13.7. The Morgan fingerprint density at radius 3 is 2.26 bits per heavy atom. The molecule has 5 nitrogen and oxygen atoms in total. The number of rotatable bonds is 7. The number of hydrogen-bond donors (Lipinski definition) is 2. The first-order chi connectivity index (χ1) is 10.8. The van der Waals surface area contributed by atoms with Gasteiger partial charge in [0.15, 0.2) is 0 Å². The van der Waals surface area contributed by atoms with Gasteiger partial charge in [0, 0.05) is 20.1 Å². The van der Waals surface area contributed by atoms with E-state index < -0.39 is 29.1 Å². The zero-order valence-corrected chi connectivity index (χ0v) is 13.8. The van der Waals surface area contributed by atoms with E-state index in [1.165, 1.54) is 11.0 Å². The monoisotopic (exact) mass is 327 g/mol. The lowest BCUT2D eigenvalue weighted by molar-refractivity contribution is -0.132. The van der Waals surface area contributed by atoms with Gasteiger partial charge in [-0.15, -0.1) is 0 Å². The summed E-state index contributed by atoms with van der Waals surface area (Å²) in [4.78, 5) is 26.1. The Balaban J connectivity index is 2.92. The Bertz CT molecular complexity index is 544. The van der Waals surface area contributed by atoms with Gasteiger partial charge in [-0.3, -0.25) is 9.59 Å². The van der Waals surface area contributed by atoms with E-state index in [9.17, 15) is 18.4 Å². The predicted octanol–water partition coefficient (Wildman–Crippen LogP) is 1.40. The van der Waals surface area contributed by atoms with Gasteiger partial charge in [-0.05, 0) is 25.1 Å². The first kappa shape index (κ1) is 19.0. The Morgan fingerprint density at radius 1 is 1.22 bits per heavy atom. The summed E-state index contributed by atoms with van der Waals surface area (Å²) in [6, 6.07) is 2.33. The average molecular weight is 327 g/mol. The molecule has 1 atom stereocenters. The first-order valence-corrected chi connectivity index (χ1v) is 7.44. The highest BCUT2D eigenvalue weighted by Gasteiger charge is 2.29. The van der Waals surface area contributed by atoms with Crippen LogP contribution in [0.4, 0.5) is 8.78 Å². The SMILES string of the molecule is CNCCN(C)C(=O)[C@@H](NC(=O)c1c(F)cccc1F)C(C)C. The van der Waals surface area contributed by atoms with Crippen LogP contribution >= 0.6 is 0 Å². The molecular weight excluding hydrogens is 304 g/mol. The molecule has 0 aromatic heterocycles. The Morgan fingerprint density at radius 2 is 1.78 bits per heavy atom. The fraction of sp³-hybridized carbons (Fsp3) is 0.500. The van der Waals surface area contributed by atoms with Crippen molar-refractivity contribution in [3.8, 4) is 0 Å². The number of benzene rings is 1. The number of nitrogens with one attached hydrogen (secondary N) is 2. The van der Waals surface area contributed by atoms with Crippen molar-refractivity contribution in [2.24, 2.45) is 5.92 Å². The van der Waals surface area contributed by atoms with E-state index in [0.717, 1.165) is 12.1 Å².